The lowest BCUT2D eigenvalue weighted by Crippen LogP contribution is -2.40. The van der Waals surface area contributed by atoms with E-state index in [0.717, 1.165) is 60.8 Å². The SMILES string of the molecule is CCNC(=NCc1ccccc1-n1nc(C)cc1C)N(C)CCOCC1CC1.I. The number of para-hydroxylation sites is 1. The third kappa shape index (κ3) is 6.99. The first-order valence-electron chi connectivity index (χ1n) is 10.3. The van der Waals surface area contributed by atoms with Crippen molar-refractivity contribution in [2.45, 2.75) is 40.2 Å². The topological polar surface area (TPSA) is 54.7 Å². The number of nitrogens with zero attached hydrogens (tertiary/aromatic N) is 4. The fourth-order valence-corrected chi connectivity index (χ4v) is 3.20. The highest BCUT2D eigenvalue weighted by Crippen LogP contribution is 2.28. The van der Waals surface area contributed by atoms with Crippen molar-refractivity contribution < 1.29 is 4.74 Å². The Hall–Kier alpha value is -1.61. The van der Waals surface area contributed by atoms with Crippen molar-refractivity contribution in [1.29, 1.82) is 0 Å². The molecule has 3 rings (SSSR count). The van der Waals surface area contributed by atoms with E-state index in [0.29, 0.717) is 6.54 Å². The molecule has 0 aliphatic heterocycles. The Morgan fingerprint density at radius 2 is 2.07 bits per heavy atom. The zero-order valence-electron chi connectivity index (χ0n) is 18.0. The summed E-state index contributed by atoms with van der Waals surface area (Å²) < 4.78 is 7.78. The molecule has 29 heavy (non-hydrogen) atoms. The second-order valence-electron chi connectivity index (χ2n) is 7.58. The van der Waals surface area contributed by atoms with Gasteiger partial charge in [-0.05, 0) is 57.2 Å². The minimum absolute atomic E-state index is 0. The summed E-state index contributed by atoms with van der Waals surface area (Å²) in [7, 11) is 2.06. The number of guanidine groups is 1. The van der Waals surface area contributed by atoms with Crippen molar-refractivity contribution in [3.8, 4) is 5.69 Å². The fraction of sp³-hybridized carbons (Fsp3) is 0.545. The molecule has 1 N–H and O–H groups in total. The number of likely N-dealkylation sites (N-methyl/N-ethyl adjacent to an activating group) is 1. The molecule has 1 aliphatic carbocycles. The van der Waals surface area contributed by atoms with Gasteiger partial charge in [0.05, 0.1) is 24.5 Å². The Morgan fingerprint density at radius 3 is 2.72 bits per heavy atom. The lowest BCUT2D eigenvalue weighted by atomic mass is 10.2. The summed E-state index contributed by atoms with van der Waals surface area (Å²) in [6.07, 6.45) is 2.66. The average Bonchev–Trinajstić information content (AvgIpc) is 3.45. The van der Waals surface area contributed by atoms with Gasteiger partial charge in [-0.3, -0.25) is 0 Å². The van der Waals surface area contributed by atoms with Crippen LogP contribution in [-0.4, -0.2) is 54.0 Å². The molecule has 1 saturated carbocycles. The van der Waals surface area contributed by atoms with Crippen LogP contribution in [0.4, 0.5) is 0 Å². The van der Waals surface area contributed by atoms with E-state index in [4.69, 9.17) is 9.73 Å². The van der Waals surface area contributed by atoms with Crippen LogP contribution < -0.4 is 5.32 Å². The van der Waals surface area contributed by atoms with E-state index in [1.54, 1.807) is 0 Å². The first kappa shape index (κ1) is 23.7. The van der Waals surface area contributed by atoms with Gasteiger partial charge in [0.25, 0.3) is 0 Å². The molecule has 0 saturated heterocycles. The maximum atomic E-state index is 5.78. The summed E-state index contributed by atoms with van der Waals surface area (Å²) in [6.45, 7) is 10.1. The van der Waals surface area contributed by atoms with Gasteiger partial charge in [0.1, 0.15) is 0 Å². The predicted molar refractivity (Wildman–Crippen MR) is 129 cm³/mol. The molecule has 2 aromatic rings. The number of aryl methyl sites for hydroxylation is 2. The highest BCUT2D eigenvalue weighted by Gasteiger charge is 2.21. The van der Waals surface area contributed by atoms with E-state index in [2.05, 4.69) is 60.5 Å². The largest absolute Gasteiger partial charge is 0.379 e. The van der Waals surface area contributed by atoms with Crippen molar-refractivity contribution in [1.82, 2.24) is 20.0 Å². The van der Waals surface area contributed by atoms with E-state index in [9.17, 15) is 0 Å². The molecule has 160 valence electrons. The van der Waals surface area contributed by atoms with Crippen molar-refractivity contribution in [3.05, 3.63) is 47.3 Å². The average molecular weight is 511 g/mol. The Bertz CT molecular complexity index is 800. The first-order valence-corrected chi connectivity index (χ1v) is 10.3. The molecule has 0 amide bonds. The molecule has 1 heterocycles. The smallest absolute Gasteiger partial charge is 0.194 e. The predicted octanol–water partition coefficient (Wildman–Crippen LogP) is 3.93. The van der Waals surface area contributed by atoms with Crippen molar-refractivity contribution in [2.75, 3.05) is 33.4 Å². The molecule has 7 heteroatoms. The van der Waals surface area contributed by atoms with Gasteiger partial charge in [-0.25, -0.2) is 9.67 Å². The highest BCUT2D eigenvalue weighted by molar-refractivity contribution is 14.0. The van der Waals surface area contributed by atoms with Crippen LogP contribution in [0, 0.1) is 19.8 Å². The molecule has 1 aliphatic rings. The number of hydrogen-bond acceptors (Lipinski definition) is 3. The van der Waals surface area contributed by atoms with Crippen LogP contribution in [0.3, 0.4) is 0 Å². The minimum atomic E-state index is 0. The Morgan fingerprint density at radius 1 is 1.31 bits per heavy atom. The van der Waals surface area contributed by atoms with Crippen molar-refractivity contribution in [2.24, 2.45) is 10.9 Å². The Labute approximate surface area is 191 Å². The maximum Gasteiger partial charge on any atom is 0.194 e. The molecular weight excluding hydrogens is 477 g/mol. The van der Waals surface area contributed by atoms with Crippen LogP contribution in [0.25, 0.3) is 5.69 Å². The number of rotatable bonds is 9. The van der Waals surface area contributed by atoms with Crippen molar-refractivity contribution in [3.63, 3.8) is 0 Å². The van der Waals surface area contributed by atoms with Crippen LogP contribution >= 0.6 is 24.0 Å². The lowest BCUT2D eigenvalue weighted by molar-refractivity contribution is 0.115. The van der Waals surface area contributed by atoms with Gasteiger partial charge in [0.2, 0.25) is 0 Å². The summed E-state index contributed by atoms with van der Waals surface area (Å²) >= 11 is 0. The fourth-order valence-electron chi connectivity index (χ4n) is 3.20. The second kappa shape index (κ2) is 11.5. The quantitative estimate of drug-likeness (QED) is 0.240. The summed E-state index contributed by atoms with van der Waals surface area (Å²) in [4.78, 5) is 7.01. The summed E-state index contributed by atoms with van der Waals surface area (Å²) in [5.41, 5.74) is 4.39. The normalized spacial score (nSPS) is 13.9. The van der Waals surface area contributed by atoms with Gasteiger partial charge in [-0.2, -0.15) is 5.10 Å². The Kier molecular flexibility index (Phi) is 9.42. The second-order valence-corrected chi connectivity index (χ2v) is 7.58. The molecule has 0 unspecified atom stereocenters. The van der Waals surface area contributed by atoms with Crippen LogP contribution in [-0.2, 0) is 11.3 Å². The van der Waals surface area contributed by atoms with Crippen molar-refractivity contribution >= 4 is 29.9 Å². The number of halogens is 1. The minimum Gasteiger partial charge on any atom is -0.379 e. The number of ether oxygens (including phenoxy) is 1. The molecule has 0 bridgehead atoms. The lowest BCUT2D eigenvalue weighted by Gasteiger charge is -2.22. The number of benzene rings is 1. The molecule has 1 aromatic carbocycles. The third-order valence-electron chi connectivity index (χ3n) is 4.95. The van der Waals surface area contributed by atoms with Gasteiger partial charge in [-0.1, -0.05) is 18.2 Å². The number of hydrogen-bond donors (Lipinski definition) is 1. The summed E-state index contributed by atoms with van der Waals surface area (Å²) in [6, 6.07) is 10.4. The van der Waals surface area contributed by atoms with Crippen LogP contribution in [0.5, 0.6) is 0 Å². The summed E-state index contributed by atoms with van der Waals surface area (Å²) in [5, 5.41) is 8.02. The monoisotopic (exact) mass is 511 g/mol. The maximum absolute atomic E-state index is 5.78. The van der Waals surface area contributed by atoms with Gasteiger partial charge in [0, 0.05) is 32.4 Å². The van der Waals surface area contributed by atoms with E-state index >= 15 is 0 Å². The number of nitrogens with one attached hydrogen (secondary N) is 1. The zero-order valence-corrected chi connectivity index (χ0v) is 20.3. The molecule has 0 atom stereocenters. The van der Waals surface area contributed by atoms with Crippen LogP contribution in [0.15, 0.2) is 35.3 Å². The van der Waals surface area contributed by atoms with Gasteiger partial charge in [0.15, 0.2) is 5.96 Å². The molecule has 1 fully saturated rings. The highest BCUT2D eigenvalue weighted by atomic mass is 127. The molecule has 6 nitrogen and oxygen atoms in total. The summed E-state index contributed by atoms with van der Waals surface area (Å²) in [5.74, 6) is 1.71. The standard InChI is InChI=1S/C22H33N5O.HI/c1-5-23-22(26(4)12-13-28-16-19-10-11-19)24-15-20-8-6-7-9-21(20)27-18(3)14-17(2)25-27;/h6-9,14,19H,5,10-13,15-16H2,1-4H3,(H,23,24);1H. The Balaban J connectivity index is 0.00000300. The van der Waals surface area contributed by atoms with Gasteiger partial charge in [-0.15, -0.1) is 24.0 Å². The first-order chi connectivity index (χ1) is 13.6. The van der Waals surface area contributed by atoms with E-state index in [1.807, 2.05) is 17.7 Å². The van der Waals surface area contributed by atoms with Crippen LogP contribution in [0.2, 0.25) is 0 Å². The van der Waals surface area contributed by atoms with Gasteiger partial charge >= 0.3 is 0 Å². The molecule has 0 spiro atoms. The number of aliphatic imine (C=N–C) groups is 1. The van der Waals surface area contributed by atoms with E-state index < -0.39 is 0 Å². The van der Waals surface area contributed by atoms with Gasteiger partial charge < -0.3 is 15.0 Å². The molecule has 0 radical (unpaired) electrons. The third-order valence-corrected chi connectivity index (χ3v) is 4.95. The molecular formula is C22H34IN5O. The zero-order chi connectivity index (χ0) is 19.9. The molecule has 1 aromatic heterocycles. The van der Waals surface area contributed by atoms with Crippen LogP contribution in [0.1, 0.15) is 36.7 Å². The number of aromatic nitrogens is 2. The van der Waals surface area contributed by atoms with E-state index in [-0.39, 0.29) is 24.0 Å². The van der Waals surface area contributed by atoms with E-state index in [1.165, 1.54) is 12.8 Å².